The van der Waals surface area contributed by atoms with E-state index >= 15 is 0 Å². The van der Waals surface area contributed by atoms with Gasteiger partial charge in [-0.05, 0) is 18.1 Å². The Kier molecular flexibility index (Phi) is 6.89. The van der Waals surface area contributed by atoms with Gasteiger partial charge >= 0.3 is 0 Å². The van der Waals surface area contributed by atoms with Gasteiger partial charge in [0, 0.05) is 12.2 Å². The van der Waals surface area contributed by atoms with Crippen LogP contribution < -0.4 is 5.73 Å². The highest BCUT2D eigenvalue weighted by Gasteiger charge is 2.04. The van der Waals surface area contributed by atoms with Gasteiger partial charge in [0.25, 0.3) is 0 Å². The summed E-state index contributed by atoms with van der Waals surface area (Å²) in [5, 5.41) is 0.520. The first-order chi connectivity index (χ1) is 6.24. The second-order valence-electron chi connectivity index (χ2n) is 3.16. The van der Waals surface area contributed by atoms with Crippen LogP contribution in [0.3, 0.4) is 0 Å². The van der Waals surface area contributed by atoms with Crippen LogP contribution in [-0.4, -0.2) is 4.98 Å². The summed E-state index contributed by atoms with van der Waals surface area (Å²) in [7, 11) is 0. The van der Waals surface area contributed by atoms with Gasteiger partial charge in [0.1, 0.15) is 5.15 Å². The fourth-order valence-corrected chi connectivity index (χ4v) is 1.31. The Hall–Kier alpha value is -0.310. The van der Waals surface area contributed by atoms with E-state index < -0.39 is 0 Å². The van der Waals surface area contributed by atoms with Crippen LogP contribution in [0.2, 0.25) is 5.15 Å². The molecule has 0 aliphatic carbocycles. The minimum absolute atomic E-state index is 0. The third-order valence-electron chi connectivity index (χ3n) is 2.05. The molecule has 1 atom stereocenters. The zero-order chi connectivity index (χ0) is 9.68. The average molecular weight is 235 g/mol. The molecule has 4 heteroatoms. The molecule has 0 radical (unpaired) electrons. The van der Waals surface area contributed by atoms with E-state index in [1.54, 1.807) is 12.3 Å². The topological polar surface area (TPSA) is 38.9 Å². The highest BCUT2D eigenvalue weighted by molar-refractivity contribution is 6.29. The second kappa shape index (κ2) is 7.04. The highest BCUT2D eigenvalue weighted by atomic mass is 35.5. The Labute approximate surface area is 96.3 Å². The summed E-state index contributed by atoms with van der Waals surface area (Å²) in [4.78, 5) is 3.99. The van der Waals surface area contributed by atoms with Crippen LogP contribution in [-0.2, 0) is 0 Å². The summed E-state index contributed by atoms with van der Waals surface area (Å²) >= 11 is 5.67. The lowest BCUT2D eigenvalue weighted by atomic mass is 10.0. The molecule has 1 aromatic heterocycles. The first kappa shape index (κ1) is 13.7. The molecule has 1 heterocycles. The molecule has 2 N–H and O–H groups in total. The lowest BCUT2D eigenvalue weighted by Crippen LogP contribution is -2.10. The minimum Gasteiger partial charge on any atom is -0.324 e. The predicted octanol–water partition coefficient (Wildman–Crippen LogP) is 3.35. The number of nitrogens with two attached hydrogens (primary N) is 1. The molecular formula is C10H16Cl2N2. The van der Waals surface area contributed by atoms with Gasteiger partial charge in [-0.1, -0.05) is 37.4 Å². The van der Waals surface area contributed by atoms with E-state index in [9.17, 15) is 0 Å². The van der Waals surface area contributed by atoms with Gasteiger partial charge < -0.3 is 5.73 Å². The number of hydrogen-bond acceptors (Lipinski definition) is 2. The fourth-order valence-electron chi connectivity index (χ4n) is 1.20. The molecule has 14 heavy (non-hydrogen) atoms. The van der Waals surface area contributed by atoms with Crippen molar-refractivity contribution in [3.63, 3.8) is 0 Å². The van der Waals surface area contributed by atoms with Crippen LogP contribution in [0.1, 0.15) is 37.8 Å². The SMILES string of the molecule is CCCC[C@@H](N)c1ccc(Cl)nc1.Cl. The van der Waals surface area contributed by atoms with Gasteiger partial charge in [-0.2, -0.15) is 0 Å². The lowest BCUT2D eigenvalue weighted by Gasteiger charge is -2.10. The van der Waals surface area contributed by atoms with E-state index in [0.29, 0.717) is 5.15 Å². The van der Waals surface area contributed by atoms with Gasteiger partial charge in [-0.25, -0.2) is 4.98 Å². The standard InChI is InChI=1S/C10H15ClN2.ClH/c1-2-3-4-9(12)8-5-6-10(11)13-7-8;/h5-7,9H,2-4,12H2,1H3;1H/t9-;/m1./s1. The van der Waals surface area contributed by atoms with Gasteiger partial charge in [0.05, 0.1) is 0 Å². The Balaban J connectivity index is 0.00000169. The molecule has 0 aliphatic rings. The summed E-state index contributed by atoms with van der Waals surface area (Å²) in [6, 6.07) is 3.82. The molecular weight excluding hydrogens is 219 g/mol. The van der Waals surface area contributed by atoms with E-state index in [2.05, 4.69) is 11.9 Å². The summed E-state index contributed by atoms with van der Waals surface area (Å²) < 4.78 is 0. The maximum absolute atomic E-state index is 5.95. The normalized spacial score (nSPS) is 11.9. The molecule has 2 nitrogen and oxygen atoms in total. The van der Waals surface area contributed by atoms with Crippen molar-refractivity contribution in [1.29, 1.82) is 0 Å². The van der Waals surface area contributed by atoms with Crippen LogP contribution in [0, 0.1) is 0 Å². The summed E-state index contributed by atoms with van der Waals surface area (Å²) in [5.74, 6) is 0. The third-order valence-corrected chi connectivity index (χ3v) is 2.27. The van der Waals surface area contributed by atoms with E-state index in [1.165, 1.54) is 6.42 Å². The maximum Gasteiger partial charge on any atom is 0.129 e. The van der Waals surface area contributed by atoms with Crippen LogP contribution >= 0.6 is 24.0 Å². The molecule has 80 valence electrons. The number of unbranched alkanes of at least 4 members (excludes halogenated alkanes) is 1. The second-order valence-corrected chi connectivity index (χ2v) is 3.55. The molecule has 0 aromatic carbocycles. The van der Waals surface area contributed by atoms with Gasteiger partial charge in [0.15, 0.2) is 0 Å². The average Bonchev–Trinajstić information content (AvgIpc) is 2.15. The molecule has 0 spiro atoms. The quantitative estimate of drug-likeness (QED) is 0.813. The maximum atomic E-state index is 5.95. The molecule has 1 aromatic rings. The van der Waals surface area contributed by atoms with E-state index in [0.717, 1.165) is 18.4 Å². The van der Waals surface area contributed by atoms with Crippen molar-refractivity contribution >= 4 is 24.0 Å². The molecule has 0 unspecified atom stereocenters. The largest absolute Gasteiger partial charge is 0.324 e. The Morgan fingerprint density at radius 1 is 1.50 bits per heavy atom. The van der Waals surface area contributed by atoms with Crippen molar-refractivity contribution in [3.05, 3.63) is 29.0 Å². The molecule has 0 saturated carbocycles. The van der Waals surface area contributed by atoms with Crippen molar-refractivity contribution < 1.29 is 0 Å². The van der Waals surface area contributed by atoms with Crippen LogP contribution in [0.25, 0.3) is 0 Å². The predicted molar refractivity (Wildman–Crippen MR) is 62.9 cm³/mol. The Morgan fingerprint density at radius 2 is 2.21 bits per heavy atom. The van der Waals surface area contributed by atoms with Gasteiger partial charge in [-0.3, -0.25) is 0 Å². The van der Waals surface area contributed by atoms with E-state index in [4.69, 9.17) is 17.3 Å². The van der Waals surface area contributed by atoms with Crippen LogP contribution in [0.4, 0.5) is 0 Å². The van der Waals surface area contributed by atoms with Crippen LogP contribution in [0.15, 0.2) is 18.3 Å². The van der Waals surface area contributed by atoms with Crippen LogP contribution in [0.5, 0.6) is 0 Å². The summed E-state index contributed by atoms with van der Waals surface area (Å²) in [6.45, 7) is 2.16. The Bertz CT molecular complexity index is 249. The molecule has 0 aliphatic heterocycles. The van der Waals surface area contributed by atoms with Gasteiger partial charge in [0.2, 0.25) is 0 Å². The molecule has 1 rings (SSSR count). The number of pyridine rings is 1. The van der Waals surface area contributed by atoms with Crippen molar-refractivity contribution in [3.8, 4) is 0 Å². The molecule has 0 saturated heterocycles. The third kappa shape index (κ3) is 4.27. The lowest BCUT2D eigenvalue weighted by molar-refractivity contribution is 0.602. The van der Waals surface area contributed by atoms with E-state index in [-0.39, 0.29) is 18.4 Å². The molecule has 0 bridgehead atoms. The number of rotatable bonds is 4. The number of aromatic nitrogens is 1. The Morgan fingerprint density at radius 3 is 2.71 bits per heavy atom. The zero-order valence-electron chi connectivity index (χ0n) is 8.24. The van der Waals surface area contributed by atoms with Crippen molar-refractivity contribution in [2.45, 2.75) is 32.2 Å². The van der Waals surface area contributed by atoms with Gasteiger partial charge in [-0.15, -0.1) is 12.4 Å². The number of hydrogen-bond donors (Lipinski definition) is 1. The van der Waals surface area contributed by atoms with Crippen molar-refractivity contribution in [2.24, 2.45) is 5.73 Å². The smallest absolute Gasteiger partial charge is 0.129 e. The first-order valence-electron chi connectivity index (χ1n) is 4.61. The van der Waals surface area contributed by atoms with Crippen molar-refractivity contribution in [2.75, 3.05) is 0 Å². The van der Waals surface area contributed by atoms with Crippen molar-refractivity contribution in [1.82, 2.24) is 4.98 Å². The molecule has 0 fully saturated rings. The zero-order valence-corrected chi connectivity index (χ0v) is 9.81. The molecule has 0 amide bonds. The van der Waals surface area contributed by atoms with E-state index in [1.807, 2.05) is 6.07 Å². The first-order valence-corrected chi connectivity index (χ1v) is 4.99. The highest BCUT2D eigenvalue weighted by Crippen LogP contribution is 2.16. The monoisotopic (exact) mass is 234 g/mol. The number of nitrogens with zero attached hydrogens (tertiary/aromatic N) is 1. The summed E-state index contributed by atoms with van der Waals surface area (Å²) in [6.07, 6.45) is 5.10. The minimum atomic E-state index is 0. The number of halogens is 2. The summed E-state index contributed by atoms with van der Waals surface area (Å²) in [5.41, 5.74) is 7.02. The fraction of sp³-hybridized carbons (Fsp3) is 0.500.